The van der Waals surface area contributed by atoms with E-state index in [9.17, 15) is 10.1 Å². The molecule has 45 heavy (non-hydrogen) atoms. The molecule has 3 aromatic rings. The van der Waals surface area contributed by atoms with Gasteiger partial charge in [-0.2, -0.15) is 5.26 Å². The molecule has 0 amide bonds. The van der Waals surface area contributed by atoms with E-state index in [2.05, 4.69) is 39.9 Å². The van der Waals surface area contributed by atoms with Crippen LogP contribution in [0.2, 0.25) is 0 Å². The minimum Gasteiger partial charge on any atom is -0.493 e. The topological polar surface area (TPSA) is 106 Å². The smallest absolute Gasteiger partial charge is 0.330 e. The number of carbonyl (C=O) groups excluding carboxylic acids is 1. The lowest BCUT2D eigenvalue weighted by Crippen LogP contribution is -2.74. The van der Waals surface area contributed by atoms with Gasteiger partial charge in [-0.1, -0.05) is 6.07 Å². The Morgan fingerprint density at radius 2 is 1.69 bits per heavy atom. The largest absolute Gasteiger partial charge is 0.493 e. The molecule has 2 fully saturated rings. The maximum atomic E-state index is 13.0. The van der Waals surface area contributed by atoms with E-state index in [0.29, 0.717) is 35.1 Å². The number of fused-ring (bicyclic) bond motifs is 6. The van der Waals surface area contributed by atoms with E-state index in [1.54, 1.807) is 40.7 Å². The van der Waals surface area contributed by atoms with Crippen molar-refractivity contribution in [2.75, 3.05) is 35.0 Å². The first kappa shape index (κ1) is 29.1. The Hall–Kier alpha value is -4.59. The molecular formula is C35H36N4O6. The van der Waals surface area contributed by atoms with Gasteiger partial charge in [0.05, 0.1) is 52.3 Å². The van der Waals surface area contributed by atoms with Gasteiger partial charge in [-0.15, -0.1) is 0 Å². The van der Waals surface area contributed by atoms with Crippen molar-refractivity contribution in [1.29, 1.82) is 5.26 Å². The van der Waals surface area contributed by atoms with Crippen molar-refractivity contribution < 1.29 is 28.5 Å². The van der Waals surface area contributed by atoms with Gasteiger partial charge >= 0.3 is 5.97 Å². The summed E-state index contributed by atoms with van der Waals surface area (Å²) in [5, 5.41) is 10.7. The summed E-state index contributed by atoms with van der Waals surface area (Å²) < 4.78 is 28.7. The average molecular weight is 609 g/mol. The normalized spacial score (nSPS) is 27.7. The van der Waals surface area contributed by atoms with E-state index in [4.69, 9.17) is 23.7 Å². The Labute approximate surface area is 262 Å². The van der Waals surface area contributed by atoms with Crippen molar-refractivity contribution in [2.24, 2.45) is 0 Å². The van der Waals surface area contributed by atoms with E-state index in [1.165, 1.54) is 17.2 Å². The maximum Gasteiger partial charge on any atom is 0.330 e. The Balaban J connectivity index is 1.31. The zero-order chi connectivity index (χ0) is 31.5. The van der Waals surface area contributed by atoms with E-state index in [-0.39, 0.29) is 36.3 Å². The maximum absolute atomic E-state index is 13.0. The zero-order valence-corrected chi connectivity index (χ0v) is 26.0. The highest BCUT2D eigenvalue weighted by molar-refractivity contribution is 5.86. The van der Waals surface area contributed by atoms with Crippen LogP contribution in [0.25, 0.3) is 6.08 Å². The third kappa shape index (κ3) is 4.36. The number of ether oxygens (including phenoxy) is 5. The van der Waals surface area contributed by atoms with Crippen LogP contribution < -0.4 is 18.9 Å². The number of nitrogens with zero attached hydrogens (tertiary/aromatic N) is 4. The van der Waals surface area contributed by atoms with Gasteiger partial charge in [0.1, 0.15) is 12.6 Å². The summed E-state index contributed by atoms with van der Waals surface area (Å²) in [6.45, 7) is 2.33. The standard InChI is InChI=1S/C35H36N4O6/c1-35-17-26-27(18-36)38-25(34(39(26)35)23-15-31(43-4)32(44-5)16-24(23)35)12-20-13-29(41-2)30(42-3)14-22(20)28(38)19-45-33(40)10-9-21-8-6-7-11-37-21/h6-11,13-16,25-28,34H,12,17,19H2,1-5H3/b10-9+/t25-,26-,27-,28-,34+,35?/m0/s1. The third-order valence-electron chi connectivity index (χ3n) is 10.1. The molecule has 6 atom stereocenters. The molecule has 5 heterocycles. The molecule has 10 nitrogen and oxygen atoms in total. The molecule has 2 aromatic carbocycles. The Bertz CT molecular complexity index is 1720. The number of carbonyl (C=O) groups is 1. The van der Waals surface area contributed by atoms with Crippen molar-refractivity contribution in [3.05, 3.63) is 82.7 Å². The summed E-state index contributed by atoms with van der Waals surface area (Å²) in [6.07, 6.45) is 6.20. The number of esters is 1. The van der Waals surface area contributed by atoms with Crippen LogP contribution in [0.15, 0.2) is 54.7 Å². The Morgan fingerprint density at radius 3 is 2.36 bits per heavy atom. The van der Waals surface area contributed by atoms with Crippen LogP contribution in [0.3, 0.4) is 0 Å². The molecule has 4 aliphatic rings. The number of rotatable bonds is 8. The summed E-state index contributed by atoms with van der Waals surface area (Å²) in [7, 11) is 6.54. The van der Waals surface area contributed by atoms with E-state index < -0.39 is 12.0 Å². The van der Waals surface area contributed by atoms with Crippen LogP contribution in [0.1, 0.15) is 53.4 Å². The SMILES string of the molecule is COc1cc2c(cc1OC)[C@H](COC(=O)/C=C/c1ccccn1)N1[C@@H](C#N)[C@@H]3CC4(C)c5cc(OC)c(OC)cc5[C@H]([C@@H]1C2)N34. The predicted octanol–water partition coefficient (Wildman–Crippen LogP) is 4.59. The fourth-order valence-corrected chi connectivity index (χ4v) is 8.22. The summed E-state index contributed by atoms with van der Waals surface area (Å²) in [5.41, 5.74) is 4.87. The second kappa shape index (κ2) is 11.1. The van der Waals surface area contributed by atoms with Crippen molar-refractivity contribution in [3.63, 3.8) is 0 Å². The van der Waals surface area contributed by atoms with Gasteiger partial charge in [0.25, 0.3) is 0 Å². The monoisotopic (exact) mass is 608 g/mol. The van der Waals surface area contributed by atoms with Gasteiger partial charge < -0.3 is 23.7 Å². The predicted molar refractivity (Wildman–Crippen MR) is 165 cm³/mol. The molecule has 7 rings (SSSR count). The molecule has 4 aliphatic heterocycles. The van der Waals surface area contributed by atoms with Gasteiger partial charge in [-0.05, 0) is 84.5 Å². The summed E-state index contributed by atoms with van der Waals surface area (Å²) in [4.78, 5) is 22.1. The molecular weight excluding hydrogens is 572 g/mol. The van der Waals surface area contributed by atoms with Crippen LogP contribution in [0.5, 0.6) is 23.0 Å². The van der Waals surface area contributed by atoms with Gasteiger partial charge in [-0.25, -0.2) is 4.79 Å². The molecule has 232 valence electrons. The molecule has 0 saturated carbocycles. The Morgan fingerprint density at radius 1 is 1.00 bits per heavy atom. The number of methoxy groups -OCH3 is 4. The van der Waals surface area contributed by atoms with Crippen LogP contribution in [0.4, 0.5) is 0 Å². The molecule has 1 aromatic heterocycles. The third-order valence-corrected chi connectivity index (χ3v) is 10.1. The number of piperazine rings is 1. The fourth-order valence-electron chi connectivity index (χ4n) is 8.22. The molecule has 1 unspecified atom stereocenters. The number of aromatic nitrogens is 1. The highest BCUT2D eigenvalue weighted by atomic mass is 16.5. The van der Waals surface area contributed by atoms with Gasteiger partial charge in [0.2, 0.25) is 0 Å². The van der Waals surface area contributed by atoms with Crippen LogP contribution in [-0.4, -0.2) is 73.9 Å². The number of hydrogen-bond donors (Lipinski definition) is 0. The second-order valence-electron chi connectivity index (χ2n) is 12.1. The van der Waals surface area contributed by atoms with Crippen LogP contribution >= 0.6 is 0 Å². The quantitative estimate of drug-likeness (QED) is 0.266. The summed E-state index contributed by atoms with van der Waals surface area (Å²) >= 11 is 0. The highest BCUT2D eigenvalue weighted by Crippen LogP contribution is 2.65. The number of nitriles is 1. The van der Waals surface area contributed by atoms with Crippen molar-refractivity contribution >= 4 is 12.0 Å². The van der Waals surface area contributed by atoms with E-state index in [1.807, 2.05) is 30.3 Å². The average Bonchev–Trinajstić information content (AvgIpc) is 3.27. The minimum atomic E-state index is -0.476. The van der Waals surface area contributed by atoms with Crippen molar-refractivity contribution in [1.82, 2.24) is 14.8 Å². The Kier molecular flexibility index (Phi) is 7.18. The van der Waals surface area contributed by atoms with Gasteiger partial charge in [0, 0.05) is 29.9 Å². The zero-order valence-electron chi connectivity index (χ0n) is 26.0. The summed E-state index contributed by atoms with van der Waals surface area (Å²) in [6, 6.07) is 15.5. The molecule has 10 heteroatoms. The molecule has 0 radical (unpaired) electrons. The molecule has 0 bridgehead atoms. The highest BCUT2D eigenvalue weighted by Gasteiger charge is 2.68. The first-order valence-electron chi connectivity index (χ1n) is 15.1. The number of pyridine rings is 1. The van der Waals surface area contributed by atoms with Gasteiger partial charge in [0.15, 0.2) is 23.0 Å². The molecule has 0 N–H and O–H groups in total. The number of benzene rings is 2. The van der Waals surface area contributed by atoms with Crippen LogP contribution in [0, 0.1) is 11.3 Å². The lowest BCUT2D eigenvalue weighted by molar-refractivity contribution is -0.184. The van der Waals surface area contributed by atoms with Crippen molar-refractivity contribution in [3.8, 4) is 29.1 Å². The molecule has 2 saturated heterocycles. The first-order chi connectivity index (χ1) is 21.9. The first-order valence-corrected chi connectivity index (χ1v) is 15.1. The number of hydrogen-bond acceptors (Lipinski definition) is 10. The van der Waals surface area contributed by atoms with Gasteiger partial charge in [-0.3, -0.25) is 14.8 Å². The lowest BCUT2D eigenvalue weighted by atomic mass is 9.71. The minimum absolute atomic E-state index is 0.00310. The lowest BCUT2D eigenvalue weighted by Gasteiger charge is -2.65. The fraction of sp³-hybridized carbons (Fsp3) is 0.400. The molecule has 0 spiro atoms. The molecule has 0 aliphatic carbocycles. The van der Waals surface area contributed by atoms with Crippen molar-refractivity contribution in [2.45, 2.75) is 55.5 Å². The summed E-state index contributed by atoms with van der Waals surface area (Å²) in [5.74, 6) is 2.13. The van der Waals surface area contributed by atoms with E-state index >= 15 is 0 Å². The van der Waals surface area contributed by atoms with E-state index in [0.717, 1.165) is 17.5 Å². The second-order valence-corrected chi connectivity index (χ2v) is 12.1. The van der Waals surface area contributed by atoms with Crippen LogP contribution in [-0.2, 0) is 21.5 Å².